The van der Waals surface area contributed by atoms with Crippen molar-refractivity contribution in [1.82, 2.24) is 4.90 Å². The molecule has 1 rings (SSSR count). The fourth-order valence-corrected chi connectivity index (χ4v) is 3.09. The largest absolute Gasteiger partial charge is 0.376 e. The van der Waals surface area contributed by atoms with E-state index >= 15 is 0 Å². The summed E-state index contributed by atoms with van der Waals surface area (Å²) in [6, 6.07) is 0. The molecule has 16 heavy (non-hydrogen) atoms. The SMILES string of the molecule is CCOC(C)(C)CC(C)(C)N1CCCCC1. The summed E-state index contributed by atoms with van der Waals surface area (Å²) < 4.78 is 5.83. The Balaban J connectivity index is 2.54. The third-order valence-electron chi connectivity index (χ3n) is 3.61. The summed E-state index contributed by atoms with van der Waals surface area (Å²) in [4.78, 5) is 2.64. The van der Waals surface area contributed by atoms with Gasteiger partial charge in [-0.15, -0.1) is 0 Å². The van der Waals surface area contributed by atoms with Crippen molar-refractivity contribution in [3.63, 3.8) is 0 Å². The van der Waals surface area contributed by atoms with E-state index in [9.17, 15) is 0 Å². The summed E-state index contributed by atoms with van der Waals surface area (Å²) in [6.07, 6.45) is 5.23. The molecule has 2 nitrogen and oxygen atoms in total. The predicted molar refractivity (Wildman–Crippen MR) is 69.8 cm³/mol. The molecule has 0 aromatic rings. The lowest BCUT2D eigenvalue weighted by molar-refractivity contribution is -0.0557. The minimum atomic E-state index is -0.00427. The normalized spacial score (nSPS) is 20.1. The van der Waals surface area contributed by atoms with Crippen molar-refractivity contribution >= 4 is 0 Å². The second-order valence-electron chi connectivity index (χ2n) is 6.23. The third-order valence-corrected chi connectivity index (χ3v) is 3.61. The van der Waals surface area contributed by atoms with Crippen LogP contribution >= 0.6 is 0 Å². The second-order valence-corrected chi connectivity index (χ2v) is 6.23. The quantitative estimate of drug-likeness (QED) is 0.713. The maximum atomic E-state index is 5.83. The van der Waals surface area contributed by atoms with Crippen molar-refractivity contribution < 1.29 is 4.74 Å². The summed E-state index contributed by atoms with van der Waals surface area (Å²) in [5.41, 5.74) is 0.259. The highest BCUT2D eigenvalue weighted by Gasteiger charge is 2.34. The molecule has 0 N–H and O–H groups in total. The molecule has 0 aromatic heterocycles. The number of hydrogen-bond donors (Lipinski definition) is 0. The van der Waals surface area contributed by atoms with Crippen molar-refractivity contribution in [3.05, 3.63) is 0 Å². The molecule has 0 bridgehead atoms. The summed E-state index contributed by atoms with van der Waals surface area (Å²) in [7, 11) is 0. The van der Waals surface area contributed by atoms with Gasteiger partial charge in [0.05, 0.1) is 5.60 Å². The van der Waals surface area contributed by atoms with Gasteiger partial charge in [-0.2, -0.15) is 0 Å². The van der Waals surface area contributed by atoms with Gasteiger partial charge in [-0.05, 0) is 67.0 Å². The molecule has 1 saturated heterocycles. The van der Waals surface area contributed by atoms with Gasteiger partial charge in [0.1, 0.15) is 0 Å². The van der Waals surface area contributed by atoms with Crippen LogP contribution in [0.1, 0.15) is 60.3 Å². The van der Waals surface area contributed by atoms with Gasteiger partial charge in [0.25, 0.3) is 0 Å². The van der Waals surface area contributed by atoms with Crippen LogP contribution in [0.5, 0.6) is 0 Å². The van der Waals surface area contributed by atoms with Gasteiger partial charge in [0.2, 0.25) is 0 Å². The molecule has 0 aliphatic carbocycles. The van der Waals surface area contributed by atoms with Crippen LogP contribution in [-0.4, -0.2) is 35.7 Å². The molecule has 1 aliphatic rings. The van der Waals surface area contributed by atoms with Crippen LogP contribution < -0.4 is 0 Å². The van der Waals surface area contributed by atoms with E-state index < -0.39 is 0 Å². The van der Waals surface area contributed by atoms with Crippen LogP contribution in [0.4, 0.5) is 0 Å². The summed E-state index contributed by atoms with van der Waals surface area (Å²) in [5, 5.41) is 0. The Labute approximate surface area is 101 Å². The van der Waals surface area contributed by atoms with E-state index in [0.717, 1.165) is 13.0 Å². The van der Waals surface area contributed by atoms with Crippen molar-refractivity contribution in [1.29, 1.82) is 0 Å². The number of piperidine rings is 1. The molecule has 0 spiro atoms. The first-order valence-corrected chi connectivity index (χ1v) is 6.76. The predicted octanol–water partition coefficient (Wildman–Crippen LogP) is 3.46. The number of ether oxygens (including phenoxy) is 1. The summed E-state index contributed by atoms with van der Waals surface area (Å²) >= 11 is 0. The lowest BCUT2D eigenvalue weighted by Crippen LogP contribution is -2.50. The molecule has 0 radical (unpaired) electrons. The highest BCUT2D eigenvalue weighted by molar-refractivity contribution is 4.89. The van der Waals surface area contributed by atoms with Gasteiger partial charge in [-0.25, -0.2) is 0 Å². The van der Waals surface area contributed by atoms with E-state index in [2.05, 4.69) is 39.5 Å². The minimum absolute atomic E-state index is 0.00427. The average Bonchev–Trinajstić information content (AvgIpc) is 2.17. The minimum Gasteiger partial charge on any atom is -0.376 e. The Hall–Kier alpha value is -0.0800. The van der Waals surface area contributed by atoms with E-state index in [4.69, 9.17) is 4.74 Å². The van der Waals surface area contributed by atoms with E-state index in [-0.39, 0.29) is 11.1 Å². The Bertz CT molecular complexity index is 205. The topological polar surface area (TPSA) is 12.5 Å². The first-order valence-electron chi connectivity index (χ1n) is 6.76. The Morgan fingerprint density at radius 3 is 2.06 bits per heavy atom. The molecule has 1 fully saturated rings. The average molecular weight is 227 g/mol. The van der Waals surface area contributed by atoms with Crippen LogP contribution in [0, 0.1) is 0 Å². The number of hydrogen-bond acceptors (Lipinski definition) is 2. The van der Waals surface area contributed by atoms with Gasteiger partial charge in [-0.3, -0.25) is 4.90 Å². The Kier molecular flexibility index (Phi) is 4.81. The second kappa shape index (κ2) is 5.50. The van der Waals surface area contributed by atoms with Crippen molar-refractivity contribution in [2.45, 2.75) is 71.4 Å². The standard InChI is InChI=1S/C14H29NO/c1-6-16-14(4,5)12-13(2,3)15-10-8-7-9-11-15/h6-12H2,1-5H3. The molecule has 0 unspecified atom stereocenters. The highest BCUT2D eigenvalue weighted by Crippen LogP contribution is 2.30. The van der Waals surface area contributed by atoms with E-state index in [1.165, 1.54) is 32.4 Å². The lowest BCUT2D eigenvalue weighted by atomic mass is 9.86. The van der Waals surface area contributed by atoms with Gasteiger partial charge in [0, 0.05) is 12.1 Å². The zero-order chi connectivity index (χ0) is 12.2. The Morgan fingerprint density at radius 2 is 1.56 bits per heavy atom. The molecule has 1 aliphatic heterocycles. The zero-order valence-electron chi connectivity index (χ0n) is 11.8. The van der Waals surface area contributed by atoms with Crippen LogP contribution in [0.3, 0.4) is 0 Å². The third kappa shape index (κ3) is 4.06. The molecular weight excluding hydrogens is 198 g/mol. The smallest absolute Gasteiger partial charge is 0.0643 e. The molecule has 2 heteroatoms. The van der Waals surface area contributed by atoms with Gasteiger partial charge >= 0.3 is 0 Å². The van der Waals surface area contributed by atoms with Crippen molar-refractivity contribution in [2.75, 3.05) is 19.7 Å². The van der Waals surface area contributed by atoms with Gasteiger partial charge in [-0.1, -0.05) is 6.42 Å². The molecule has 0 atom stereocenters. The van der Waals surface area contributed by atoms with Crippen LogP contribution in [0.15, 0.2) is 0 Å². The molecule has 0 saturated carbocycles. The fourth-order valence-electron chi connectivity index (χ4n) is 3.09. The monoisotopic (exact) mass is 227 g/mol. The summed E-state index contributed by atoms with van der Waals surface area (Å²) in [5.74, 6) is 0. The highest BCUT2D eigenvalue weighted by atomic mass is 16.5. The fraction of sp³-hybridized carbons (Fsp3) is 1.00. The zero-order valence-corrected chi connectivity index (χ0v) is 11.8. The Morgan fingerprint density at radius 1 is 1.00 bits per heavy atom. The maximum Gasteiger partial charge on any atom is 0.0643 e. The van der Waals surface area contributed by atoms with Crippen molar-refractivity contribution in [2.24, 2.45) is 0 Å². The molecule has 0 aromatic carbocycles. The number of rotatable bonds is 5. The van der Waals surface area contributed by atoms with E-state index in [1.54, 1.807) is 0 Å². The first kappa shape index (κ1) is 14.0. The molecule has 0 amide bonds. The molecule has 96 valence electrons. The number of likely N-dealkylation sites (tertiary alicyclic amines) is 1. The van der Waals surface area contributed by atoms with E-state index in [1.807, 2.05) is 0 Å². The van der Waals surface area contributed by atoms with Crippen LogP contribution in [0.25, 0.3) is 0 Å². The van der Waals surface area contributed by atoms with Crippen LogP contribution in [0.2, 0.25) is 0 Å². The van der Waals surface area contributed by atoms with E-state index in [0.29, 0.717) is 0 Å². The first-order chi connectivity index (χ1) is 7.37. The lowest BCUT2D eigenvalue weighted by Gasteiger charge is -2.44. The molecule has 1 heterocycles. The van der Waals surface area contributed by atoms with Crippen molar-refractivity contribution in [3.8, 4) is 0 Å². The molecular formula is C14H29NO. The van der Waals surface area contributed by atoms with Gasteiger partial charge < -0.3 is 4.74 Å². The van der Waals surface area contributed by atoms with Gasteiger partial charge in [0.15, 0.2) is 0 Å². The number of nitrogens with zero attached hydrogens (tertiary/aromatic N) is 1. The van der Waals surface area contributed by atoms with Crippen LogP contribution in [-0.2, 0) is 4.74 Å². The maximum absolute atomic E-state index is 5.83. The summed E-state index contributed by atoms with van der Waals surface area (Å²) in [6.45, 7) is 14.5.